The molecule has 0 aromatic heterocycles. The Balaban J connectivity index is 2.53. The highest BCUT2D eigenvalue weighted by molar-refractivity contribution is 5.89. The standard InChI is InChI=1S/C11H18O3/c1-4-6-9-7-10(8(3)14-9)11(12)13-5-2/h9H,4-7H2,1-3H3. The van der Waals surface area contributed by atoms with Crippen molar-refractivity contribution in [3.8, 4) is 0 Å². The van der Waals surface area contributed by atoms with Gasteiger partial charge in [0.1, 0.15) is 11.9 Å². The van der Waals surface area contributed by atoms with Crippen molar-refractivity contribution in [2.24, 2.45) is 0 Å². The number of carbonyl (C=O) groups excluding carboxylic acids is 1. The summed E-state index contributed by atoms with van der Waals surface area (Å²) >= 11 is 0. The van der Waals surface area contributed by atoms with Crippen LogP contribution in [0.25, 0.3) is 0 Å². The third-order valence-electron chi connectivity index (χ3n) is 2.33. The van der Waals surface area contributed by atoms with Crippen molar-refractivity contribution in [3.05, 3.63) is 11.3 Å². The highest BCUT2D eigenvalue weighted by Gasteiger charge is 2.27. The van der Waals surface area contributed by atoms with Gasteiger partial charge < -0.3 is 9.47 Å². The second-order valence-electron chi connectivity index (χ2n) is 3.49. The number of carbonyl (C=O) groups is 1. The normalized spacial score (nSPS) is 20.9. The van der Waals surface area contributed by atoms with Gasteiger partial charge >= 0.3 is 5.97 Å². The van der Waals surface area contributed by atoms with Gasteiger partial charge in [-0.15, -0.1) is 0 Å². The van der Waals surface area contributed by atoms with E-state index in [-0.39, 0.29) is 12.1 Å². The summed E-state index contributed by atoms with van der Waals surface area (Å²) in [6.45, 7) is 6.18. The van der Waals surface area contributed by atoms with Gasteiger partial charge in [0.25, 0.3) is 0 Å². The molecule has 1 atom stereocenters. The maximum atomic E-state index is 11.4. The van der Waals surface area contributed by atoms with Crippen LogP contribution in [0.15, 0.2) is 11.3 Å². The van der Waals surface area contributed by atoms with Crippen LogP contribution in [0, 0.1) is 0 Å². The second kappa shape index (κ2) is 5.03. The first-order valence-electron chi connectivity index (χ1n) is 5.22. The molecule has 3 heteroatoms. The van der Waals surface area contributed by atoms with Gasteiger partial charge in [-0.25, -0.2) is 4.79 Å². The zero-order chi connectivity index (χ0) is 10.6. The van der Waals surface area contributed by atoms with Crippen LogP contribution in [0.2, 0.25) is 0 Å². The van der Waals surface area contributed by atoms with Crippen LogP contribution in [0.3, 0.4) is 0 Å². The number of esters is 1. The molecule has 1 aliphatic rings. The van der Waals surface area contributed by atoms with E-state index in [0.717, 1.165) is 18.6 Å². The molecule has 0 saturated carbocycles. The molecule has 0 aromatic carbocycles. The molecule has 0 N–H and O–H groups in total. The SMILES string of the molecule is CCCC1CC(C(=O)OCC)=C(C)O1. The fourth-order valence-electron chi connectivity index (χ4n) is 1.66. The molecule has 0 aliphatic carbocycles. The van der Waals surface area contributed by atoms with Gasteiger partial charge in [-0.1, -0.05) is 13.3 Å². The van der Waals surface area contributed by atoms with E-state index in [0.29, 0.717) is 18.6 Å². The van der Waals surface area contributed by atoms with Crippen LogP contribution in [-0.2, 0) is 14.3 Å². The third kappa shape index (κ3) is 2.50. The lowest BCUT2D eigenvalue weighted by Crippen LogP contribution is -2.09. The van der Waals surface area contributed by atoms with Crippen molar-refractivity contribution in [3.63, 3.8) is 0 Å². The third-order valence-corrected chi connectivity index (χ3v) is 2.33. The van der Waals surface area contributed by atoms with Gasteiger partial charge in [-0.3, -0.25) is 0 Å². The Hall–Kier alpha value is -0.990. The average Bonchev–Trinajstić information content (AvgIpc) is 2.48. The first-order valence-corrected chi connectivity index (χ1v) is 5.22. The number of hydrogen-bond acceptors (Lipinski definition) is 3. The molecule has 1 aliphatic heterocycles. The molecule has 1 heterocycles. The lowest BCUT2D eigenvalue weighted by Gasteiger charge is -2.08. The Morgan fingerprint density at radius 1 is 1.57 bits per heavy atom. The van der Waals surface area contributed by atoms with E-state index >= 15 is 0 Å². The molecule has 3 nitrogen and oxygen atoms in total. The largest absolute Gasteiger partial charge is 0.494 e. The molecule has 0 bridgehead atoms. The van der Waals surface area contributed by atoms with Crippen LogP contribution in [0.1, 0.15) is 40.0 Å². The summed E-state index contributed by atoms with van der Waals surface area (Å²) in [5.41, 5.74) is 0.713. The quantitative estimate of drug-likeness (QED) is 0.651. The fourth-order valence-corrected chi connectivity index (χ4v) is 1.66. The molecule has 1 unspecified atom stereocenters. The maximum absolute atomic E-state index is 11.4. The van der Waals surface area contributed by atoms with E-state index in [9.17, 15) is 4.79 Å². The smallest absolute Gasteiger partial charge is 0.337 e. The minimum absolute atomic E-state index is 0.180. The van der Waals surface area contributed by atoms with E-state index in [4.69, 9.17) is 9.47 Å². The van der Waals surface area contributed by atoms with Crippen LogP contribution in [0.4, 0.5) is 0 Å². The molecule has 0 fully saturated rings. The highest BCUT2D eigenvalue weighted by Crippen LogP contribution is 2.28. The van der Waals surface area contributed by atoms with Gasteiger partial charge in [0.2, 0.25) is 0 Å². The predicted octanol–water partition coefficient (Wildman–Crippen LogP) is 2.41. The minimum atomic E-state index is -0.219. The summed E-state index contributed by atoms with van der Waals surface area (Å²) in [5, 5.41) is 0. The van der Waals surface area contributed by atoms with Crippen molar-refractivity contribution in [2.75, 3.05) is 6.61 Å². The summed E-state index contributed by atoms with van der Waals surface area (Å²) in [6.07, 6.45) is 2.96. The van der Waals surface area contributed by atoms with Crippen molar-refractivity contribution in [1.82, 2.24) is 0 Å². The molecular formula is C11H18O3. The summed E-state index contributed by atoms with van der Waals surface area (Å²) in [5.74, 6) is 0.519. The first kappa shape index (κ1) is 11.1. The number of allylic oxidation sites excluding steroid dienone is 1. The molecule has 0 amide bonds. The zero-order valence-electron chi connectivity index (χ0n) is 9.13. The summed E-state index contributed by atoms with van der Waals surface area (Å²) in [7, 11) is 0. The Morgan fingerprint density at radius 2 is 2.29 bits per heavy atom. The van der Waals surface area contributed by atoms with Crippen molar-refractivity contribution in [1.29, 1.82) is 0 Å². The summed E-state index contributed by atoms with van der Waals surface area (Å²) in [4.78, 5) is 11.4. The van der Waals surface area contributed by atoms with Crippen molar-refractivity contribution < 1.29 is 14.3 Å². The Morgan fingerprint density at radius 3 is 2.86 bits per heavy atom. The summed E-state index contributed by atoms with van der Waals surface area (Å²) in [6, 6.07) is 0. The van der Waals surface area contributed by atoms with E-state index < -0.39 is 0 Å². The molecule has 0 aromatic rings. The topological polar surface area (TPSA) is 35.5 Å². The van der Waals surface area contributed by atoms with Crippen LogP contribution in [0.5, 0.6) is 0 Å². The lowest BCUT2D eigenvalue weighted by atomic mass is 10.1. The van der Waals surface area contributed by atoms with Crippen molar-refractivity contribution >= 4 is 5.97 Å². The minimum Gasteiger partial charge on any atom is -0.494 e. The molecular weight excluding hydrogens is 180 g/mol. The fraction of sp³-hybridized carbons (Fsp3) is 0.727. The maximum Gasteiger partial charge on any atom is 0.337 e. The second-order valence-corrected chi connectivity index (χ2v) is 3.49. The predicted molar refractivity (Wildman–Crippen MR) is 53.7 cm³/mol. The summed E-state index contributed by atoms with van der Waals surface area (Å²) < 4.78 is 10.5. The Bertz CT molecular complexity index is 243. The van der Waals surface area contributed by atoms with Crippen LogP contribution in [-0.4, -0.2) is 18.7 Å². The molecule has 0 radical (unpaired) electrons. The zero-order valence-corrected chi connectivity index (χ0v) is 9.13. The number of rotatable bonds is 4. The van der Waals surface area contributed by atoms with Gasteiger partial charge in [-0.2, -0.15) is 0 Å². The first-order chi connectivity index (χ1) is 6.69. The van der Waals surface area contributed by atoms with Gasteiger partial charge in [0.15, 0.2) is 0 Å². The van der Waals surface area contributed by atoms with E-state index in [2.05, 4.69) is 6.92 Å². The average molecular weight is 198 g/mol. The molecule has 1 rings (SSSR count). The molecule has 80 valence electrons. The monoisotopic (exact) mass is 198 g/mol. The number of hydrogen-bond donors (Lipinski definition) is 0. The van der Waals surface area contributed by atoms with Gasteiger partial charge in [0, 0.05) is 6.42 Å². The van der Waals surface area contributed by atoms with Crippen LogP contribution >= 0.6 is 0 Å². The molecule has 0 saturated heterocycles. The molecule has 0 spiro atoms. The van der Waals surface area contributed by atoms with E-state index in [1.165, 1.54) is 0 Å². The number of ether oxygens (including phenoxy) is 2. The Labute approximate surface area is 85.1 Å². The Kier molecular flexibility index (Phi) is 3.98. The molecule has 14 heavy (non-hydrogen) atoms. The lowest BCUT2D eigenvalue weighted by molar-refractivity contribution is -0.138. The van der Waals surface area contributed by atoms with Crippen molar-refractivity contribution in [2.45, 2.75) is 46.1 Å². The van der Waals surface area contributed by atoms with Crippen LogP contribution < -0.4 is 0 Å². The highest BCUT2D eigenvalue weighted by atomic mass is 16.5. The van der Waals surface area contributed by atoms with E-state index in [1.807, 2.05) is 13.8 Å². The van der Waals surface area contributed by atoms with Gasteiger partial charge in [0.05, 0.1) is 12.2 Å². The van der Waals surface area contributed by atoms with E-state index in [1.54, 1.807) is 0 Å². The van der Waals surface area contributed by atoms with Gasteiger partial charge in [-0.05, 0) is 20.3 Å².